The van der Waals surface area contributed by atoms with Crippen molar-refractivity contribution in [2.24, 2.45) is 17.4 Å². The van der Waals surface area contributed by atoms with Crippen molar-refractivity contribution in [2.45, 2.75) is 51.6 Å². The maximum atomic E-state index is 12.1. The molecule has 0 bridgehead atoms. The Morgan fingerprint density at radius 1 is 1.04 bits per heavy atom. The lowest BCUT2D eigenvalue weighted by Crippen LogP contribution is -2.53. The van der Waals surface area contributed by atoms with Crippen LogP contribution in [0.1, 0.15) is 39.5 Å². The topological polar surface area (TPSA) is 177 Å². The summed E-state index contributed by atoms with van der Waals surface area (Å²) in [6.07, 6.45) is 2.56. The normalized spacial score (nSPS) is 14.0. The fourth-order valence-electron chi connectivity index (χ4n) is 2.14. The van der Waals surface area contributed by atoms with Gasteiger partial charge in [-0.05, 0) is 25.3 Å². The van der Waals surface area contributed by atoms with E-state index in [1.807, 2.05) is 6.92 Å². The molecule has 0 aromatic heterocycles. The lowest BCUT2D eigenvalue weighted by Gasteiger charge is -2.23. The minimum atomic E-state index is -1.18. The Morgan fingerprint density at radius 2 is 1.65 bits per heavy atom. The molecule has 8 N–H and O–H groups in total. The van der Waals surface area contributed by atoms with Crippen molar-refractivity contribution in [3.8, 4) is 0 Å². The van der Waals surface area contributed by atoms with Crippen molar-refractivity contribution in [1.82, 2.24) is 16.0 Å². The van der Waals surface area contributed by atoms with Gasteiger partial charge in [0.05, 0.1) is 12.6 Å². The first-order valence-corrected chi connectivity index (χ1v) is 8.75. The number of amides is 3. The highest BCUT2D eigenvalue weighted by Crippen LogP contribution is 2.07. The molecule has 0 aliphatic heterocycles. The summed E-state index contributed by atoms with van der Waals surface area (Å²) in [7, 11) is 0. The predicted molar refractivity (Wildman–Crippen MR) is 95.9 cm³/mol. The summed E-state index contributed by atoms with van der Waals surface area (Å²) in [5.74, 6) is -2.97. The van der Waals surface area contributed by atoms with Crippen molar-refractivity contribution in [2.75, 3.05) is 19.6 Å². The zero-order valence-corrected chi connectivity index (χ0v) is 15.4. The third-order valence-electron chi connectivity index (χ3n) is 3.95. The second kappa shape index (κ2) is 13.1. The highest BCUT2D eigenvalue weighted by molar-refractivity contribution is 5.92. The molecule has 10 nitrogen and oxygen atoms in total. The maximum absolute atomic E-state index is 12.1. The summed E-state index contributed by atoms with van der Waals surface area (Å²) in [5, 5.41) is 15.8. The number of aliphatic carboxylic acids is 1. The predicted octanol–water partition coefficient (Wildman–Crippen LogP) is -1.71. The molecular formula is C16H31N5O5. The fraction of sp³-hybridized carbons (Fsp3) is 0.750. The molecule has 0 spiro atoms. The molecule has 0 aliphatic carbocycles. The van der Waals surface area contributed by atoms with Gasteiger partial charge in [0.15, 0.2) is 0 Å². The van der Waals surface area contributed by atoms with Gasteiger partial charge in [0.2, 0.25) is 17.7 Å². The quantitative estimate of drug-likeness (QED) is 0.208. The molecule has 0 rings (SSSR count). The molecule has 3 atom stereocenters. The first-order valence-electron chi connectivity index (χ1n) is 8.75. The third-order valence-corrected chi connectivity index (χ3v) is 3.95. The zero-order valence-electron chi connectivity index (χ0n) is 15.4. The van der Waals surface area contributed by atoms with Gasteiger partial charge in [-0.1, -0.05) is 26.7 Å². The van der Waals surface area contributed by atoms with Crippen molar-refractivity contribution in [3.05, 3.63) is 0 Å². The van der Waals surface area contributed by atoms with Crippen LogP contribution in [0.4, 0.5) is 0 Å². The van der Waals surface area contributed by atoms with Gasteiger partial charge in [-0.3, -0.25) is 19.2 Å². The van der Waals surface area contributed by atoms with E-state index in [4.69, 9.17) is 16.6 Å². The highest BCUT2D eigenvalue weighted by Gasteiger charge is 2.26. The lowest BCUT2D eigenvalue weighted by molar-refractivity contribution is -0.138. The van der Waals surface area contributed by atoms with Crippen molar-refractivity contribution in [1.29, 1.82) is 0 Å². The Balaban J connectivity index is 4.49. The minimum absolute atomic E-state index is 0.207. The van der Waals surface area contributed by atoms with Crippen LogP contribution in [-0.4, -0.2) is 60.5 Å². The third kappa shape index (κ3) is 9.94. The summed E-state index contributed by atoms with van der Waals surface area (Å²) in [6, 6.07) is -1.61. The van der Waals surface area contributed by atoms with Crippen LogP contribution in [0.2, 0.25) is 0 Å². The average Bonchev–Trinajstić information content (AvgIpc) is 2.61. The number of rotatable bonds is 13. The second-order valence-electron chi connectivity index (χ2n) is 6.15. The molecule has 0 aromatic rings. The number of carboxylic acid groups (broad SMARTS) is 1. The summed E-state index contributed by atoms with van der Waals surface area (Å²) < 4.78 is 0. The van der Waals surface area contributed by atoms with Crippen LogP contribution in [0.5, 0.6) is 0 Å². The minimum Gasteiger partial charge on any atom is -0.480 e. The smallest absolute Gasteiger partial charge is 0.322 e. The maximum Gasteiger partial charge on any atom is 0.322 e. The Hall–Kier alpha value is -2.20. The van der Waals surface area contributed by atoms with Crippen LogP contribution >= 0.6 is 0 Å². The Bertz CT molecular complexity index is 486. The van der Waals surface area contributed by atoms with Gasteiger partial charge in [-0.2, -0.15) is 0 Å². The first kappa shape index (κ1) is 23.8. The van der Waals surface area contributed by atoms with Gasteiger partial charge in [0.25, 0.3) is 0 Å². The molecule has 0 saturated heterocycles. The number of hydrogen-bond donors (Lipinski definition) is 6. The Morgan fingerprint density at radius 3 is 2.19 bits per heavy atom. The average molecular weight is 373 g/mol. The summed E-state index contributed by atoms with van der Waals surface area (Å²) in [5.41, 5.74) is 11.1. The van der Waals surface area contributed by atoms with Crippen molar-refractivity contribution >= 4 is 23.7 Å². The molecule has 10 heteroatoms. The van der Waals surface area contributed by atoms with Crippen molar-refractivity contribution in [3.63, 3.8) is 0 Å². The van der Waals surface area contributed by atoms with E-state index in [9.17, 15) is 19.2 Å². The van der Waals surface area contributed by atoms with E-state index in [-0.39, 0.29) is 12.5 Å². The summed E-state index contributed by atoms with van der Waals surface area (Å²) in [6.45, 7) is 3.28. The molecule has 0 heterocycles. The number of hydrogen-bond acceptors (Lipinski definition) is 6. The van der Waals surface area contributed by atoms with E-state index < -0.39 is 42.3 Å². The Kier molecular flexibility index (Phi) is 12.0. The van der Waals surface area contributed by atoms with E-state index in [2.05, 4.69) is 16.0 Å². The molecular weight excluding hydrogens is 342 g/mol. The lowest BCUT2D eigenvalue weighted by atomic mass is 9.98. The van der Waals surface area contributed by atoms with Gasteiger partial charge >= 0.3 is 5.97 Å². The zero-order chi connectivity index (χ0) is 20.1. The van der Waals surface area contributed by atoms with E-state index in [1.54, 1.807) is 6.92 Å². The molecule has 0 aliphatic rings. The summed E-state index contributed by atoms with van der Waals surface area (Å²) in [4.78, 5) is 46.5. The van der Waals surface area contributed by atoms with Crippen LogP contribution in [0.25, 0.3) is 0 Å². The largest absolute Gasteiger partial charge is 0.480 e. The number of carbonyl (C=O) groups excluding carboxylic acids is 3. The van der Waals surface area contributed by atoms with Gasteiger partial charge in [-0.25, -0.2) is 0 Å². The monoisotopic (exact) mass is 373 g/mol. The fourth-order valence-corrected chi connectivity index (χ4v) is 2.14. The Labute approximate surface area is 153 Å². The molecule has 0 radical (unpaired) electrons. The van der Waals surface area contributed by atoms with Crippen LogP contribution in [0.15, 0.2) is 0 Å². The molecule has 0 fully saturated rings. The number of unbranched alkanes of at least 4 members (excludes halogenated alkanes) is 1. The van der Waals surface area contributed by atoms with Crippen LogP contribution in [0.3, 0.4) is 0 Å². The van der Waals surface area contributed by atoms with Gasteiger partial charge in [-0.15, -0.1) is 0 Å². The number of carbonyl (C=O) groups is 4. The van der Waals surface area contributed by atoms with E-state index in [0.717, 1.165) is 12.8 Å². The SMILES string of the molecule is CCC(C)C(NC(=O)CNC(=O)C(N)CCCCN)C(=O)NCC(=O)O. The van der Waals surface area contributed by atoms with Gasteiger partial charge in [0.1, 0.15) is 12.6 Å². The van der Waals surface area contributed by atoms with Gasteiger partial charge < -0.3 is 32.5 Å². The van der Waals surface area contributed by atoms with Crippen LogP contribution in [-0.2, 0) is 19.2 Å². The van der Waals surface area contributed by atoms with Crippen molar-refractivity contribution < 1.29 is 24.3 Å². The van der Waals surface area contributed by atoms with E-state index >= 15 is 0 Å². The molecule has 150 valence electrons. The molecule has 26 heavy (non-hydrogen) atoms. The van der Waals surface area contributed by atoms with Crippen LogP contribution < -0.4 is 27.4 Å². The first-order chi connectivity index (χ1) is 12.2. The molecule has 3 unspecified atom stereocenters. The van der Waals surface area contributed by atoms with E-state index in [1.165, 1.54) is 0 Å². The van der Waals surface area contributed by atoms with Crippen LogP contribution in [0, 0.1) is 5.92 Å². The molecule has 3 amide bonds. The standard InChI is InChI=1S/C16H31N5O5/c1-3-10(2)14(16(26)20-9-13(23)24)21-12(22)8-19-15(25)11(18)6-4-5-7-17/h10-11,14H,3-9,17-18H2,1-2H3,(H,19,25)(H,20,26)(H,21,22)(H,23,24). The number of nitrogens with one attached hydrogen (secondary N) is 3. The molecule has 0 aromatic carbocycles. The van der Waals surface area contributed by atoms with Gasteiger partial charge in [0, 0.05) is 0 Å². The number of nitrogens with two attached hydrogens (primary N) is 2. The number of carboxylic acids is 1. The second-order valence-corrected chi connectivity index (χ2v) is 6.15. The summed E-state index contributed by atoms with van der Waals surface area (Å²) >= 11 is 0. The highest BCUT2D eigenvalue weighted by atomic mass is 16.4. The molecule has 0 saturated carbocycles. The van der Waals surface area contributed by atoms with E-state index in [0.29, 0.717) is 19.4 Å².